The Morgan fingerprint density at radius 1 is 1.38 bits per heavy atom. The van der Waals surface area contributed by atoms with E-state index in [0.29, 0.717) is 39.1 Å². The second-order valence-electron chi connectivity index (χ2n) is 5.83. The van der Waals surface area contributed by atoms with Crippen molar-refractivity contribution < 1.29 is 27.8 Å². The van der Waals surface area contributed by atoms with Crippen LogP contribution in [0.25, 0.3) is 0 Å². The van der Waals surface area contributed by atoms with Crippen molar-refractivity contribution in [1.82, 2.24) is 14.7 Å². The fourth-order valence-electron chi connectivity index (χ4n) is 3.11. The van der Waals surface area contributed by atoms with Crippen LogP contribution in [0.4, 0.5) is 8.78 Å². The van der Waals surface area contributed by atoms with Gasteiger partial charge in [-0.25, -0.2) is 18.3 Å². The molecule has 0 amide bonds. The number of piperidine rings is 1. The number of esters is 1. The van der Waals surface area contributed by atoms with Crippen LogP contribution in [0.1, 0.15) is 42.2 Å². The van der Waals surface area contributed by atoms with Crippen LogP contribution in [-0.4, -0.2) is 59.3 Å². The van der Waals surface area contributed by atoms with Gasteiger partial charge in [0.2, 0.25) is 0 Å². The molecule has 1 aromatic heterocycles. The number of rotatable bonds is 5. The number of aromatic nitrogens is 2. The second kappa shape index (κ2) is 7.12. The summed E-state index contributed by atoms with van der Waals surface area (Å²) in [6.45, 7) is 4.43. The number of hydrogen-bond acceptors (Lipinski definition) is 6. The lowest BCUT2D eigenvalue weighted by Gasteiger charge is -2.37. The number of likely N-dealkylation sites (tertiary alicyclic amines) is 1. The van der Waals surface area contributed by atoms with Crippen LogP contribution >= 0.6 is 0 Å². The SMILES string of the molecule is CCOC(=O)c1cnn(CN2CCC3(CC2)OCCO3)c1C(F)F. The molecule has 2 aliphatic rings. The molecule has 24 heavy (non-hydrogen) atoms. The Balaban J connectivity index is 1.68. The normalized spacial score (nSPS) is 20.8. The van der Waals surface area contributed by atoms with Crippen LogP contribution in [0.2, 0.25) is 0 Å². The van der Waals surface area contributed by atoms with E-state index < -0.39 is 23.9 Å². The molecular formula is C15H21F2N3O4. The van der Waals surface area contributed by atoms with Crippen molar-refractivity contribution in [2.45, 2.75) is 38.6 Å². The molecule has 7 nitrogen and oxygen atoms in total. The summed E-state index contributed by atoms with van der Waals surface area (Å²) in [5.74, 6) is -1.29. The average molecular weight is 345 g/mol. The van der Waals surface area contributed by atoms with Gasteiger partial charge in [-0.05, 0) is 6.92 Å². The van der Waals surface area contributed by atoms with Crippen molar-refractivity contribution in [3.63, 3.8) is 0 Å². The molecule has 0 radical (unpaired) electrons. The molecule has 0 aromatic carbocycles. The van der Waals surface area contributed by atoms with Gasteiger partial charge in [0.25, 0.3) is 6.43 Å². The van der Waals surface area contributed by atoms with E-state index in [1.165, 1.54) is 4.68 Å². The summed E-state index contributed by atoms with van der Waals surface area (Å²) in [7, 11) is 0. The number of ether oxygens (including phenoxy) is 3. The van der Waals surface area contributed by atoms with E-state index >= 15 is 0 Å². The van der Waals surface area contributed by atoms with Gasteiger partial charge in [0, 0.05) is 25.9 Å². The number of alkyl halides is 2. The van der Waals surface area contributed by atoms with E-state index in [1.54, 1.807) is 6.92 Å². The lowest BCUT2D eigenvalue weighted by atomic mass is 10.0. The van der Waals surface area contributed by atoms with E-state index in [2.05, 4.69) is 5.10 Å². The number of halogens is 2. The first-order chi connectivity index (χ1) is 11.5. The second-order valence-corrected chi connectivity index (χ2v) is 5.83. The molecule has 2 aliphatic heterocycles. The third-order valence-corrected chi connectivity index (χ3v) is 4.35. The summed E-state index contributed by atoms with van der Waals surface area (Å²) in [6, 6.07) is 0. The first-order valence-corrected chi connectivity index (χ1v) is 8.06. The van der Waals surface area contributed by atoms with Crippen LogP contribution in [0.5, 0.6) is 0 Å². The van der Waals surface area contributed by atoms with Crippen LogP contribution in [0.15, 0.2) is 6.20 Å². The monoisotopic (exact) mass is 345 g/mol. The van der Waals surface area contributed by atoms with Gasteiger partial charge >= 0.3 is 5.97 Å². The summed E-state index contributed by atoms with van der Waals surface area (Å²) >= 11 is 0. The summed E-state index contributed by atoms with van der Waals surface area (Å²) in [5, 5.41) is 3.96. The van der Waals surface area contributed by atoms with Gasteiger partial charge in [-0.1, -0.05) is 0 Å². The maximum atomic E-state index is 13.4. The molecule has 3 rings (SSSR count). The van der Waals surface area contributed by atoms with Gasteiger partial charge in [0.15, 0.2) is 5.79 Å². The quantitative estimate of drug-likeness (QED) is 0.758. The van der Waals surface area contributed by atoms with Crippen molar-refractivity contribution in [3.05, 3.63) is 17.5 Å². The Morgan fingerprint density at radius 2 is 2.04 bits per heavy atom. The van der Waals surface area contributed by atoms with Crippen molar-refractivity contribution in [2.24, 2.45) is 0 Å². The fraction of sp³-hybridized carbons (Fsp3) is 0.733. The third kappa shape index (κ3) is 3.42. The summed E-state index contributed by atoms with van der Waals surface area (Å²) in [4.78, 5) is 13.8. The first-order valence-electron chi connectivity index (χ1n) is 8.06. The zero-order valence-electron chi connectivity index (χ0n) is 13.5. The van der Waals surface area contributed by atoms with Crippen molar-refractivity contribution in [3.8, 4) is 0 Å². The van der Waals surface area contributed by atoms with Gasteiger partial charge in [-0.2, -0.15) is 5.10 Å². The van der Waals surface area contributed by atoms with Crippen LogP contribution in [0.3, 0.4) is 0 Å². The third-order valence-electron chi connectivity index (χ3n) is 4.35. The van der Waals surface area contributed by atoms with Gasteiger partial charge in [0.1, 0.15) is 11.3 Å². The topological polar surface area (TPSA) is 65.8 Å². The van der Waals surface area contributed by atoms with Gasteiger partial charge < -0.3 is 14.2 Å². The fourth-order valence-corrected chi connectivity index (χ4v) is 3.11. The lowest BCUT2D eigenvalue weighted by molar-refractivity contribution is -0.187. The molecule has 0 saturated carbocycles. The summed E-state index contributed by atoms with van der Waals surface area (Å²) in [6.07, 6.45) is -0.287. The molecule has 3 heterocycles. The van der Waals surface area contributed by atoms with Gasteiger partial charge in [0.05, 0.1) is 32.7 Å². The number of nitrogens with zero attached hydrogens (tertiary/aromatic N) is 3. The number of carbonyl (C=O) groups is 1. The summed E-state index contributed by atoms with van der Waals surface area (Å²) in [5.41, 5.74) is -0.579. The van der Waals surface area contributed by atoms with Crippen LogP contribution in [-0.2, 0) is 20.9 Å². The van der Waals surface area contributed by atoms with Crippen molar-refractivity contribution in [1.29, 1.82) is 0 Å². The predicted molar refractivity (Wildman–Crippen MR) is 78.6 cm³/mol. The van der Waals surface area contributed by atoms with E-state index in [4.69, 9.17) is 14.2 Å². The number of hydrogen-bond donors (Lipinski definition) is 0. The Kier molecular flexibility index (Phi) is 5.12. The lowest BCUT2D eigenvalue weighted by Crippen LogP contribution is -2.45. The molecule has 1 spiro atoms. The molecule has 1 aromatic rings. The van der Waals surface area contributed by atoms with Crippen molar-refractivity contribution >= 4 is 5.97 Å². The zero-order valence-corrected chi connectivity index (χ0v) is 13.5. The largest absolute Gasteiger partial charge is 0.462 e. The molecule has 0 N–H and O–H groups in total. The highest BCUT2D eigenvalue weighted by Gasteiger charge is 2.40. The Labute approximate surface area is 138 Å². The molecule has 0 aliphatic carbocycles. The molecule has 134 valence electrons. The van der Waals surface area contributed by atoms with E-state index in [1.807, 2.05) is 4.90 Å². The van der Waals surface area contributed by atoms with E-state index in [9.17, 15) is 13.6 Å². The molecule has 0 atom stereocenters. The standard InChI is InChI=1S/C15H21F2N3O4/c1-2-22-14(21)11-9-18-20(12(11)13(16)17)10-19-5-3-15(4-6-19)23-7-8-24-15/h9,13H,2-8,10H2,1H3. The summed E-state index contributed by atoms with van der Waals surface area (Å²) < 4.78 is 44.1. The highest BCUT2D eigenvalue weighted by molar-refractivity contribution is 5.90. The van der Waals surface area contributed by atoms with Crippen LogP contribution in [0, 0.1) is 0 Å². The van der Waals surface area contributed by atoms with E-state index in [0.717, 1.165) is 6.20 Å². The molecular weight excluding hydrogens is 324 g/mol. The Hall–Kier alpha value is -1.58. The molecule has 9 heteroatoms. The minimum absolute atomic E-state index is 0.126. The first kappa shape index (κ1) is 17.2. The molecule has 2 fully saturated rings. The maximum Gasteiger partial charge on any atom is 0.341 e. The zero-order chi connectivity index (χ0) is 17.2. The highest BCUT2D eigenvalue weighted by atomic mass is 19.3. The maximum absolute atomic E-state index is 13.4. The minimum Gasteiger partial charge on any atom is -0.462 e. The smallest absolute Gasteiger partial charge is 0.341 e. The van der Waals surface area contributed by atoms with E-state index in [-0.39, 0.29) is 18.8 Å². The molecule has 2 saturated heterocycles. The van der Waals surface area contributed by atoms with Gasteiger partial charge in [-0.15, -0.1) is 0 Å². The highest BCUT2D eigenvalue weighted by Crippen LogP contribution is 2.32. The minimum atomic E-state index is -2.80. The molecule has 0 bridgehead atoms. The predicted octanol–water partition coefficient (Wildman–Crippen LogP) is 1.79. The average Bonchev–Trinajstić information content (AvgIpc) is 3.17. The number of carbonyl (C=O) groups excluding carboxylic acids is 1. The Bertz CT molecular complexity index is 577. The van der Waals surface area contributed by atoms with Crippen LogP contribution < -0.4 is 0 Å². The molecule has 0 unspecified atom stereocenters. The van der Waals surface area contributed by atoms with Gasteiger partial charge in [-0.3, -0.25) is 4.90 Å². The van der Waals surface area contributed by atoms with Crippen molar-refractivity contribution in [2.75, 3.05) is 32.9 Å². The Morgan fingerprint density at radius 3 is 2.62 bits per heavy atom.